The number of benzene rings is 3. The summed E-state index contributed by atoms with van der Waals surface area (Å²) in [6.07, 6.45) is 0.296. The molecule has 3 heteroatoms. The van der Waals surface area contributed by atoms with Crippen LogP contribution in [-0.4, -0.2) is 12.0 Å². The lowest BCUT2D eigenvalue weighted by atomic mass is 10.1. The van der Waals surface area contributed by atoms with Gasteiger partial charge in [-0.25, -0.2) is 0 Å². The number of amides is 1. The summed E-state index contributed by atoms with van der Waals surface area (Å²) in [4.78, 5) is 12.5. The van der Waals surface area contributed by atoms with Gasteiger partial charge in [-0.05, 0) is 36.4 Å². The fraction of sp³-hybridized carbons (Fsp3) is 0.190. The van der Waals surface area contributed by atoms with E-state index in [9.17, 15) is 4.79 Å². The van der Waals surface area contributed by atoms with Crippen LogP contribution in [0.1, 0.15) is 19.4 Å². The van der Waals surface area contributed by atoms with E-state index in [-0.39, 0.29) is 5.91 Å². The fourth-order valence-electron chi connectivity index (χ4n) is 2.72. The van der Waals surface area contributed by atoms with Crippen molar-refractivity contribution in [3.8, 4) is 5.75 Å². The molecule has 3 aromatic rings. The number of carbonyl (C=O) groups excluding carboxylic acids is 1. The van der Waals surface area contributed by atoms with Crippen LogP contribution in [0, 0.1) is 0 Å². The van der Waals surface area contributed by atoms with Crippen molar-refractivity contribution < 1.29 is 9.53 Å². The van der Waals surface area contributed by atoms with Crippen molar-refractivity contribution in [1.82, 2.24) is 0 Å². The number of fused-ring (bicyclic) bond motifs is 1. The molecular weight excluding hydrogens is 298 g/mol. The molecule has 0 aliphatic rings. The zero-order chi connectivity index (χ0) is 16.9. The highest BCUT2D eigenvalue weighted by Gasteiger charge is 2.17. The van der Waals surface area contributed by atoms with E-state index >= 15 is 0 Å². The van der Waals surface area contributed by atoms with Gasteiger partial charge >= 0.3 is 0 Å². The first-order valence-corrected chi connectivity index (χ1v) is 8.22. The van der Waals surface area contributed by atoms with Crippen molar-refractivity contribution in [2.24, 2.45) is 0 Å². The molecule has 24 heavy (non-hydrogen) atoms. The molecule has 1 amide bonds. The predicted octanol–water partition coefficient (Wildman–Crippen LogP) is 4.81. The van der Waals surface area contributed by atoms with E-state index in [0.717, 1.165) is 34.2 Å². The first-order chi connectivity index (χ1) is 11.7. The van der Waals surface area contributed by atoms with Gasteiger partial charge in [-0.2, -0.15) is 0 Å². The minimum atomic E-state index is -0.573. The Labute approximate surface area is 142 Å². The molecule has 0 heterocycles. The van der Waals surface area contributed by atoms with Gasteiger partial charge in [0.05, 0.1) is 0 Å². The molecule has 0 aliphatic heterocycles. The smallest absolute Gasteiger partial charge is 0.265 e. The molecule has 0 fully saturated rings. The third-order valence-electron chi connectivity index (χ3n) is 4.07. The zero-order valence-corrected chi connectivity index (χ0v) is 14.0. The summed E-state index contributed by atoms with van der Waals surface area (Å²) in [5, 5.41) is 5.10. The first-order valence-electron chi connectivity index (χ1n) is 8.22. The molecule has 0 saturated carbocycles. The summed E-state index contributed by atoms with van der Waals surface area (Å²) < 4.78 is 5.87. The summed E-state index contributed by atoms with van der Waals surface area (Å²) in [6.45, 7) is 3.84. The largest absolute Gasteiger partial charge is 0.481 e. The molecule has 0 bridgehead atoms. The van der Waals surface area contributed by atoms with Gasteiger partial charge in [0.25, 0.3) is 5.91 Å². The summed E-state index contributed by atoms with van der Waals surface area (Å²) in [5.74, 6) is 0.609. The Balaban J connectivity index is 1.76. The Bertz CT molecular complexity index is 852. The standard InChI is InChI=1S/C21H21NO2/c1-3-16-9-5-7-14-20(16)24-15(2)21(23)22-19-13-8-11-17-10-4-6-12-18(17)19/h4-15H,3H2,1-2H3,(H,22,23). The second-order valence-electron chi connectivity index (χ2n) is 5.74. The number of rotatable bonds is 5. The normalized spacial score (nSPS) is 11.9. The van der Waals surface area contributed by atoms with Crippen LogP contribution in [-0.2, 0) is 11.2 Å². The average Bonchev–Trinajstić information content (AvgIpc) is 2.62. The molecule has 1 N–H and O–H groups in total. The van der Waals surface area contributed by atoms with Gasteiger partial charge in [0.15, 0.2) is 6.10 Å². The van der Waals surface area contributed by atoms with Crippen LogP contribution in [0.5, 0.6) is 5.75 Å². The Kier molecular flexibility index (Phi) is 4.80. The number of hydrogen-bond acceptors (Lipinski definition) is 2. The van der Waals surface area contributed by atoms with E-state index in [4.69, 9.17) is 4.74 Å². The van der Waals surface area contributed by atoms with Gasteiger partial charge in [0, 0.05) is 11.1 Å². The molecular formula is C21H21NO2. The predicted molar refractivity (Wildman–Crippen MR) is 98.5 cm³/mol. The highest BCUT2D eigenvalue weighted by molar-refractivity contribution is 6.03. The van der Waals surface area contributed by atoms with Gasteiger partial charge in [0.2, 0.25) is 0 Å². The summed E-state index contributed by atoms with van der Waals surface area (Å²) >= 11 is 0. The quantitative estimate of drug-likeness (QED) is 0.733. The van der Waals surface area contributed by atoms with Crippen LogP contribution in [0.2, 0.25) is 0 Å². The van der Waals surface area contributed by atoms with Crippen molar-refractivity contribution in [3.05, 3.63) is 72.3 Å². The van der Waals surface area contributed by atoms with Crippen LogP contribution in [0.4, 0.5) is 5.69 Å². The Morgan fingerprint density at radius 3 is 2.54 bits per heavy atom. The lowest BCUT2D eigenvalue weighted by molar-refractivity contribution is -0.122. The van der Waals surface area contributed by atoms with E-state index in [1.54, 1.807) is 6.92 Å². The molecule has 3 rings (SSSR count). The molecule has 0 aliphatic carbocycles. The lowest BCUT2D eigenvalue weighted by Crippen LogP contribution is -2.30. The molecule has 0 spiro atoms. The number of anilines is 1. The number of nitrogens with one attached hydrogen (secondary N) is 1. The molecule has 0 saturated heterocycles. The van der Waals surface area contributed by atoms with Crippen LogP contribution < -0.4 is 10.1 Å². The highest BCUT2D eigenvalue weighted by atomic mass is 16.5. The maximum Gasteiger partial charge on any atom is 0.265 e. The van der Waals surface area contributed by atoms with Gasteiger partial charge in [-0.1, -0.05) is 61.5 Å². The van der Waals surface area contributed by atoms with Crippen molar-refractivity contribution in [1.29, 1.82) is 0 Å². The molecule has 3 aromatic carbocycles. The van der Waals surface area contributed by atoms with Crippen LogP contribution in [0.25, 0.3) is 10.8 Å². The van der Waals surface area contributed by atoms with Gasteiger partial charge < -0.3 is 10.1 Å². The maximum atomic E-state index is 12.5. The second kappa shape index (κ2) is 7.18. The third kappa shape index (κ3) is 3.40. The minimum absolute atomic E-state index is 0.155. The number of carbonyl (C=O) groups is 1. The number of aryl methyl sites for hydroxylation is 1. The van der Waals surface area contributed by atoms with Crippen LogP contribution in [0.15, 0.2) is 66.7 Å². The third-order valence-corrected chi connectivity index (χ3v) is 4.07. The molecule has 122 valence electrons. The van der Waals surface area contributed by atoms with E-state index in [0.29, 0.717) is 0 Å². The lowest BCUT2D eigenvalue weighted by Gasteiger charge is -2.17. The molecule has 1 atom stereocenters. The first kappa shape index (κ1) is 16.1. The van der Waals surface area contributed by atoms with Crippen molar-refractivity contribution in [3.63, 3.8) is 0 Å². The maximum absolute atomic E-state index is 12.5. The molecule has 3 nitrogen and oxygen atoms in total. The average molecular weight is 319 g/mol. The van der Waals surface area contributed by atoms with Crippen molar-refractivity contribution in [2.45, 2.75) is 26.4 Å². The number of para-hydroxylation sites is 1. The minimum Gasteiger partial charge on any atom is -0.481 e. The highest BCUT2D eigenvalue weighted by Crippen LogP contribution is 2.24. The van der Waals surface area contributed by atoms with E-state index in [1.165, 1.54) is 0 Å². The molecule has 0 aromatic heterocycles. The second-order valence-corrected chi connectivity index (χ2v) is 5.74. The van der Waals surface area contributed by atoms with Crippen LogP contribution in [0.3, 0.4) is 0 Å². The van der Waals surface area contributed by atoms with Gasteiger partial charge in [-0.3, -0.25) is 4.79 Å². The fourth-order valence-corrected chi connectivity index (χ4v) is 2.72. The van der Waals surface area contributed by atoms with E-state index < -0.39 is 6.10 Å². The van der Waals surface area contributed by atoms with Crippen molar-refractivity contribution in [2.75, 3.05) is 5.32 Å². The van der Waals surface area contributed by atoms with Crippen LogP contribution >= 0.6 is 0 Å². The SMILES string of the molecule is CCc1ccccc1OC(C)C(=O)Nc1cccc2ccccc12. The van der Waals surface area contributed by atoms with Crippen molar-refractivity contribution >= 4 is 22.4 Å². The molecule has 1 unspecified atom stereocenters. The number of hydrogen-bond donors (Lipinski definition) is 1. The molecule has 0 radical (unpaired) electrons. The monoisotopic (exact) mass is 319 g/mol. The van der Waals surface area contributed by atoms with Gasteiger partial charge in [-0.15, -0.1) is 0 Å². The van der Waals surface area contributed by atoms with Gasteiger partial charge in [0.1, 0.15) is 5.75 Å². The zero-order valence-electron chi connectivity index (χ0n) is 14.0. The Morgan fingerprint density at radius 2 is 1.71 bits per heavy atom. The van der Waals surface area contributed by atoms with E-state index in [1.807, 2.05) is 66.7 Å². The number of ether oxygens (including phenoxy) is 1. The van der Waals surface area contributed by atoms with E-state index in [2.05, 4.69) is 12.2 Å². The summed E-state index contributed by atoms with van der Waals surface area (Å²) in [6, 6.07) is 21.7. The Morgan fingerprint density at radius 1 is 1.00 bits per heavy atom. The summed E-state index contributed by atoms with van der Waals surface area (Å²) in [7, 11) is 0. The summed E-state index contributed by atoms with van der Waals surface area (Å²) in [5.41, 5.74) is 1.90. The Hall–Kier alpha value is -2.81. The topological polar surface area (TPSA) is 38.3 Å².